The summed E-state index contributed by atoms with van der Waals surface area (Å²) >= 11 is 1.14. The van der Waals surface area contributed by atoms with E-state index in [1.165, 1.54) is 6.92 Å². The van der Waals surface area contributed by atoms with E-state index in [9.17, 15) is 14.4 Å². The van der Waals surface area contributed by atoms with Gasteiger partial charge < -0.3 is 16.2 Å². The maximum Gasteiger partial charge on any atom is 0.321 e. The van der Waals surface area contributed by atoms with E-state index in [4.69, 9.17) is 10.8 Å². The van der Waals surface area contributed by atoms with Gasteiger partial charge in [0, 0.05) is 17.0 Å². The van der Waals surface area contributed by atoms with Gasteiger partial charge >= 0.3 is 5.97 Å². The van der Waals surface area contributed by atoms with Crippen molar-refractivity contribution >= 4 is 35.1 Å². The van der Waals surface area contributed by atoms with Crippen molar-refractivity contribution in [1.29, 1.82) is 0 Å². The maximum absolute atomic E-state index is 11.6. The monoisotopic (exact) mass is 296 g/mol. The molecule has 0 heterocycles. The average Bonchev–Trinajstić information content (AvgIpc) is 2.38. The second kappa shape index (κ2) is 7.66. The number of hydrogen-bond donors (Lipinski definition) is 3. The molecular weight excluding hydrogens is 280 g/mol. The Morgan fingerprint density at radius 2 is 2.10 bits per heavy atom. The standard InChI is InChI=1S/C13H16N2O4S/c1-8(16)9-3-2-4-10(5-9)15-12(17)7-20-6-11(14)13(18)19/h2-5,11H,6-7,14H2,1H3,(H,15,17)(H,18,19). The minimum absolute atomic E-state index is 0.0806. The molecule has 1 aromatic carbocycles. The summed E-state index contributed by atoms with van der Waals surface area (Å²) in [6, 6.07) is 5.64. The van der Waals surface area contributed by atoms with Crippen molar-refractivity contribution in [3.05, 3.63) is 29.8 Å². The zero-order valence-electron chi connectivity index (χ0n) is 11.0. The van der Waals surface area contributed by atoms with E-state index in [0.717, 1.165) is 11.8 Å². The van der Waals surface area contributed by atoms with Gasteiger partial charge in [0.1, 0.15) is 6.04 Å². The molecule has 108 valence electrons. The van der Waals surface area contributed by atoms with Crippen LogP contribution in [0.2, 0.25) is 0 Å². The van der Waals surface area contributed by atoms with Gasteiger partial charge in [-0.1, -0.05) is 12.1 Å². The van der Waals surface area contributed by atoms with Gasteiger partial charge in [-0.15, -0.1) is 11.8 Å². The summed E-state index contributed by atoms with van der Waals surface area (Å²) in [6.07, 6.45) is 0. The Hall–Kier alpha value is -1.86. The van der Waals surface area contributed by atoms with E-state index in [2.05, 4.69) is 5.32 Å². The van der Waals surface area contributed by atoms with Crippen LogP contribution in [0.3, 0.4) is 0 Å². The SMILES string of the molecule is CC(=O)c1cccc(NC(=O)CSCC(N)C(=O)O)c1. The Kier molecular flexibility index (Phi) is 6.20. The van der Waals surface area contributed by atoms with Crippen molar-refractivity contribution in [1.82, 2.24) is 0 Å². The first-order valence-electron chi connectivity index (χ1n) is 5.87. The van der Waals surface area contributed by atoms with Crippen molar-refractivity contribution in [2.45, 2.75) is 13.0 Å². The molecule has 0 aliphatic carbocycles. The van der Waals surface area contributed by atoms with Crippen molar-refractivity contribution in [2.24, 2.45) is 5.73 Å². The minimum Gasteiger partial charge on any atom is -0.480 e. The van der Waals surface area contributed by atoms with Crippen LogP contribution in [0, 0.1) is 0 Å². The van der Waals surface area contributed by atoms with E-state index < -0.39 is 12.0 Å². The van der Waals surface area contributed by atoms with Gasteiger partial charge in [0.25, 0.3) is 0 Å². The number of carbonyl (C=O) groups is 3. The second-order valence-corrected chi connectivity index (χ2v) is 5.18. The molecule has 1 amide bonds. The number of thioether (sulfide) groups is 1. The highest BCUT2D eigenvalue weighted by Crippen LogP contribution is 2.12. The first-order chi connectivity index (χ1) is 9.40. The number of carboxylic acid groups (broad SMARTS) is 1. The van der Waals surface area contributed by atoms with Gasteiger partial charge in [-0.05, 0) is 19.1 Å². The molecule has 1 atom stereocenters. The molecule has 0 bridgehead atoms. The molecule has 6 nitrogen and oxygen atoms in total. The molecule has 0 saturated heterocycles. The van der Waals surface area contributed by atoms with Crippen LogP contribution in [0.15, 0.2) is 24.3 Å². The molecule has 0 radical (unpaired) electrons. The van der Waals surface area contributed by atoms with E-state index in [1.54, 1.807) is 24.3 Å². The lowest BCUT2D eigenvalue weighted by Crippen LogP contribution is -2.33. The van der Waals surface area contributed by atoms with Gasteiger partial charge in [-0.2, -0.15) is 0 Å². The predicted molar refractivity (Wildman–Crippen MR) is 78.0 cm³/mol. The molecule has 0 spiro atoms. The van der Waals surface area contributed by atoms with Crippen LogP contribution in [0.1, 0.15) is 17.3 Å². The number of aliphatic carboxylic acids is 1. The average molecular weight is 296 g/mol. The summed E-state index contributed by atoms with van der Waals surface area (Å²) < 4.78 is 0. The van der Waals surface area contributed by atoms with Gasteiger partial charge in [-0.25, -0.2) is 0 Å². The lowest BCUT2D eigenvalue weighted by molar-refractivity contribution is -0.137. The summed E-state index contributed by atoms with van der Waals surface area (Å²) in [5.74, 6) is -1.18. The first-order valence-corrected chi connectivity index (χ1v) is 7.02. The molecule has 4 N–H and O–H groups in total. The highest BCUT2D eigenvalue weighted by molar-refractivity contribution is 8.00. The topological polar surface area (TPSA) is 109 Å². The largest absolute Gasteiger partial charge is 0.480 e. The Morgan fingerprint density at radius 1 is 1.40 bits per heavy atom. The van der Waals surface area contributed by atoms with Crippen LogP contribution in [0.5, 0.6) is 0 Å². The molecule has 1 aromatic rings. The lowest BCUT2D eigenvalue weighted by atomic mass is 10.1. The molecule has 7 heteroatoms. The number of carboxylic acids is 1. The van der Waals surface area contributed by atoms with Crippen LogP contribution in [-0.2, 0) is 9.59 Å². The number of ketones is 1. The van der Waals surface area contributed by atoms with Gasteiger partial charge in [-0.3, -0.25) is 14.4 Å². The molecule has 0 fully saturated rings. The molecule has 1 unspecified atom stereocenters. The summed E-state index contributed by atoms with van der Waals surface area (Å²) in [7, 11) is 0. The Bertz CT molecular complexity index is 519. The second-order valence-electron chi connectivity index (χ2n) is 4.15. The minimum atomic E-state index is -1.09. The van der Waals surface area contributed by atoms with E-state index in [0.29, 0.717) is 11.3 Å². The Labute approximate surface area is 120 Å². The Balaban J connectivity index is 2.44. The highest BCUT2D eigenvalue weighted by Gasteiger charge is 2.12. The van der Waals surface area contributed by atoms with E-state index in [-0.39, 0.29) is 23.2 Å². The third-order valence-corrected chi connectivity index (χ3v) is 3.46. The summed E-state index contributed by atoms with van der Waals surface area (Å²) in [5.41, 5.74) is 6.37. The molecule has 0 saturated carbocycles. The smallest absolute Gasteiger partial charge is 0.321 e. The lowest BCUT2D eigenvalue weighted by Gasteiger charge is -2.08. The number of hydrogen-bond acceptors (Lipinski definition) is 5. The zero-order valence-corrected chi connectivity index (χ0v) is 11.8. The fourth-order valence-corrected chi connectivity index (χ4v) is 2.13. The van der Waals surface area contributed by atoms with Crippen LogP contribution < -0.4 is 11.1 Å². The number of nitrogens with two attached hydrogens (primary N) is 1. The quantitative estimate of drug-likeness (QED) is 0.647. The van der Waals surface area contributed by atoms with Crippen LogP contribution in [0.25, 0.3) is 0 Å². The first kappa shape index (κ1) is 16.2. The van der Waals surface area contributed by atoms with Crippen molar-refractivity contribution in [2.75, 3.05) is 16.8 Å². The molecule has 0 aliphatic heterocycles. The number of carbonyl (C=O) groups excluding carboxylic acids is 2. The van der Waals surface area contributed by atoms with E-state index >= 15 is 0 Å². The molecule has 0 aliphatic rings. The normalized spacial score (nSPS) is 11.7. The van der Waals surface area contributed by atoms with Crippen molar-refractivity contribution in [3.8, 4) is 0 Å². The number of rotatable bonds is 7. The molecule has 1 rings (SSSR count). The van der Waals surface area contributed by atoms with Crippen LogP contribution >= 0.6 is 11.8 Å². The summed E-state index contributed by atoms with van der Waals surface area (Å²) in [6.45, 7) is 1.45. The fourth-order valence-electron chi connectivity index (χ4n) is 1.36. The summed E-state index contributed by atoms with van der Waals surface area (Å²) in [4.78, 5) is 33.3. The zero-order chi connectivity index (χ0) is 15.1. The fraction of sp³-hybridized carbons (Fsp3) is 0.308. The predicted octanol–water partition coefficient (Wildman–Crippen LogP) is 0.973. The molecule has 0 aromatic heterocycles. The number of nitrogens with one attached hydrogen (secondary N) is 1. The van der Waals surface area contributed by atoms with Crippen molar-refractivity contribution in [3.63, 3.8) is 0 Å². The number of amides is 1. The van der Waals surface area contributed by atoms with Crippen molar-refractivity contribution < 1.29 is 19.5 Å². The van der Waals surface area contributed by atoms with Gasteiger partial charge in [0.2, 0.25) is 5.91 Å². The highest BCUT2D eigenvalue weighted by atomic mass is 32.2. The van der Waals surface area contributed by atoms with Gasteiger partial charge in [0.05, 0.1) is 5.75 Å². The number of benzene rings is 1. The molecule has 20 heavy (non-hydrogen) atoms. The summed E-state index contributed by atoms with van der Waals surface area (Å²) in [5, 5.41) is 11.2. The third-order valence-electron chi connectivity index (χ3n) is 2.40. The Morgan fingerprint density at radius 3 is 2.70 bits per heavy atom. The van der Waals surface area contributed by atoms with Gasteiger partial charge in [0.15, 0.2) is 5.78 Å². The third kappa shape index (κ3) is 5.41. The maximum atomic E-state index is 11.6. The number of Topliss-reactive ketones (excluding diaryl/α,β-unsaturated/α-hetero) is 1. The van der Waals surface area contributed by atoms with Crippen LogP contribution in [-0.4, -0.2) is 40.3 Å². The van der Waals surface area contributed by atoms with E-state index in [1.807, 2.05) is 0 Å². The van der Waals surface area contributed by atoms with Crippen LogP contribution in [0.4, 0.5) is 5.69 Å². The molecular formula is C13H16N2O4S. The number of anilines is 1.